The highest BCUT2D eigenvalue weighted by molar-refractivity contribution is 6.01. The molecule has 4 unspecified atom stereocenters. The number of hydrogen-bond donors (Lipinski definition) is 1. The molecule has 2 fully saturated rings. The molecule has 2 rings (SSSR count). The van der Waals surface area contributed by atoms with E-state index >= 15 is 0 Å². The summed E-state index contributed by atoms with van der Waals surface area (Å²) in [5.74, 6) is -4.47. The van der Waals surface area contributed by atoms with Crippen LogP contribution in [-0.2, 0) is 28.8 Å². The first kappa shape index (κ1) is 20.0. The second-order valence-electron chi connectivity index (χ2n) is 7.91. The van der Waals surface area contributed by atoms with Gasteiger partial charge in [-0.05, 0) is 33.6 Å². The van der Waals surface area contributed by atoms with E-state index in [9.17, 15) is 24.0 Å². The van der Waals surface area contributed by atoms with E-state index < -0.39 is 47.9 Å². The van der Waals surface area contributed by atoms with Gasteiger partial charge in [0.15, 0.2) is 5.78 Å². The molecule has 162 valence electrons. The summed E-state index contributed by atoms with van der Waals surface area (Å²) in [7, 11) is 0. The minimum atomic E-state index is -2.28. The summed E-state index contributed by atoms with van der Waals surface area (Å²) in [6.07, 6.45) is 2.18. The Morgan fingerprint density at radius 1 is 1.14 bits per heavy atom. The van der Waals surface area contributed by atoms with Crippen LogP contribution in [0.5, 0.6) is 0 Å². The zero-order valence-electron chi connectivity index (χ0n) is 19.4. The number of hydroxylamine groups is 2. The molecule has 1 N–H and O–H groups in total. The van der Waals surface area contributed by atoms with Crippen molar-refractivity contribution in [3.05, 3.63) is 0 Å². The Balaban J connectivity index is 1.92. The fourth-order valence-corrected chi connectivity index (χ4v) is 3.47. The molecular weight excluding hydrogens is 379 g/mol. The van der Waals surface area contributed by atoms with Gasteiger partial charge in [-0.25, -0.2) is 4.79 Å². The number of likely N-dealkylation sites (tertiary alicyclic amines) is 1. The van der Waals surface area contributed by atoms with Gasteiger partial charge in [0.25, 0.3) is 11.8 Å². The largest absolute Gasteiger partial charge is 0.345 e. The van der Waals surface area contributed by atoms with Crippen molar-refractivity contribution in [2.24, 2.45) is 5.92 Å². The Labute approximate surface area is 173 Å². The fraction of sp³-hybridized carbons (Fsp3) is 0.750. The van der Waals surface area contributed by atoms with Crippen LogP contribution in [0.4, 0.5) is 0 Å². The number of imide groups is 1. The van der Waals surface area contributed by atoms with E-state index in [0.717, 1.165) is 19.3 Å². The van der Waals surface area contributed by atoms with Gasteiger partial charge < -0.3 is 10.2 Å². The van der Waals surface area contributed by atoms with Crippen LogP contribution in [0.1, 0.15) is 69.0 Å². The van der Waals surface area contributed by atoms with Gasteiger partial charge in [0, 0.05) is 31.3 Å². The van der Waals surface area contributed by atoms with Gasteiger partial charge in [0.2, 0.25) is 5.91 Å². The van der Waals surface area contributed by atoms with Crippen LogP contribution in [0, 0.1) is 5.92 Å². The lowest BCUT2D eigenvalue weighted by Gasteiger charge is -2.38. The number of carbonyl (C=O) groups is 5. The standard InChI is InChI=1S/C20H31N3O6/c1-12(20(28)29-23-18(26)8-9-19(23)27)10-16(24)15(4)21-17(25)11-22-13(2)6-5-7-14(22)3/h12-15H,5-11H2,1-4H3,(H,21,25)/i11D2,21+1. The van der Waals surface area contributed by atoms with Crippen molar-refractivity contribution >= 4 is 29.5 Å². The van der Waals surface area contributed by atoms with E-state index in [2.05, 4.69) is 5.32 Å². The van der Waals surface area contributed by atoms with E-state index in [4.69, 9.17) is 7.58 Å². The van der Waals surface area contributed by atoms with Gasteiger partial charge in [0.05, 0.1) is 21.2 Å². The number of piperidine rings is 1. The van der Waals surface area contributed by atoms with Crippen molar-refractivity contribution in [1.82, 2.24) is 15.3 Å². The Bertz CT molecular complexity index is 733. The zero-order valence-corrected chi connectivity index (χ0v) is 17.4. The summed E-state index contributed by atoms with van der Waals surface area (Å²) in [6.45, 7) is 4.30. The number of nitrogens with one attached hydrogen (secondary N) is 1. The molecule has 0 radical (unpaired) electrons. The third-order valence-corrected chi connectivity index (χ3v) is 5.35. The molecule has 9 heteroatoms. The highest BCUT2D eigenvalue weighted by Gasteiger charge is 2.35. The Morgan fingerprint density at radius 3 is 2.24 bits per heavy atom. The number of rotatable bonds is 8. The minimum absolute atomic E-state index is 0.0290. The summed E-state index contributed by atoms with van der Waals surface area (Å²) >= 11 is 0. The molecule has 0 aromatic rings. The monoisotopic (exact) mass is 412 g/mol. The number of carbonyl (C=O) groups excluding carboxylic acids is 5. The molecule has 9 nitrogen and oxygen atoms in total. The maximum absolute atomic E-state index is 12.6. The van der Waals surface area contributed by atoms with Crippen molar-refractivity contribution in [3.8, 4) is 0 Å². The van der Waals surface area contributed by atoms with Crippen LogP contribution in [0.25, 0.3) is 0 Å². The van der Waals surface area contributed by atoms with Crippen molar-refractivity contribution in [2.75, 3.05) is 6.50 Å². The molecule has 29 heavy (non-hydrogen) atoms. The maximum atomic E-state index is 12.6. The van der Waals surface area contributed by atoms with E-state index in [1.807, 2.05) is 13.8 Å². The van der Waals surface area contributed by atoms with Gasteiger partial charge in [-0.2, -0.15) is 0 Å². The minimum Gasteiger partial charge on any atom is -0.345 e. The molecule has 0 aliphatic carbocycles. The van der Waals surface area contributed by atoms with Gasteiger partial charge in [-0.3, -0.25) is 24.1 Å². The highest BCUT2D eigenvalue weighted by atomic mass is 16.7. The predicted molar refractivity (Wildman–Crippen MR) is 103 cm³/mol. The van der Waals surface area contributed by atoms with Crippen molar-refractivity contribution in [2.45, 2.75) is 84.3 Å². The fourth-order valence-electron chi connectivity index (χ4n) is 3.47. The van der Waals surface area contributed by atoms with Gasteiger partial charge in [-0.1, -0.05) is 13.3 Å². The first-order valence-electron chi connectivity index (χ1n) is 11.1. The average Bonchev–Trinajstić information content (AvgIpc) is 2.99. The Kier molecular flexibility index (Phi) is 6.87. The highest BCUT2D eigenvalue weighted by Crippen LogP contribution is 2.22. The number of ketones is 1. The summed E-state index contributed by atoms with van der Waals surface area (Å²) in [4.78, 5) is 66.7. The van der Waals surface area contributed by atoms with E-state index in [0.29, 0.717) is 5.06 Å². The predicted octanol–water partition coefficient (Wildman–Crippen LogP) is 0.956. The van der Waals surface area contributed by atoms with Crippen molar-refractivity contribution in [1.29, 1.82) is 0 Å². The second kappa shape index (κ2) is 9.96. The van der Waals surface area contributed by atoms with Crippen molar-refractivity contribution < 1.29 is 31.6 Å². The number of amides is 3. The lowest BCUT2D eigenvalue weighted by Crippen LogP contribution is -2.51. The van der Waals surface area contributed by atoms with Gasteiger partial charge >= 0.3 is 5.97 Å². The van der Waals surface area contributed by atoms with E-state index in [1.54, 1.807) is 0 Å². The molecule has 2 aliphatic heterocycles. The van der Waals surface area contributed by atoms with Crippen LogP contribution in [0.15, 0.2) is 0 Å². The molecule has 2 heterocycles. The maximum Gasteiger partial charge on any atom is 0.336 e. The molecule has 2 saturated heterocycles. The van der Waals surface area contributed by atoms with E-state index in [-0.39, 0.29) is 31.3 Å². The number of hydrogen-bond acceptors (Lipinski definition) is 7. The summed E-state index contributed by atoms with van der Waals surface area (Å²) < 4.78 is 16.6. The van der Waals surface area contributed by atoms with Crippen LogP contribution in [0.2, 0.25) is 0 Å². The number of nitrogens with zero attached hydrogens (tertiary/aromatic N) is 2. The molecule has 4 atom stereocenters. The third kappa shape index (κ3) is 6.09. The molecule has 0 bridgehead atoms. The quantitative estimate of drug-likeness (QED) is 0.466. The van der Waals surface area contributed by atoms with Gasteiger partial charge in [-0.15, -0.1) is 5.06 Å². The molecule has 0 aromatic carbocycles. The summed E-state index contributed by atoms with van der Waals surface area (Å²) in [5, 5.41) is 2.83. The molecule has 0 spiro atoms. The lowest BCUT2D eigenvalue weighted by molar-refractivity contribution is -0.200. The summed E-state index contributed by atoms with van der Waals surface area (Å²) in [6, 6.07) is -1.24. The number of Topliss-reactive ketones (excluding diaryl/α,β-unsaturated/α-hetero) is 1. The van der Waals surface area contributed by atoms with Crippen LogP contribution >= 0.6 is 0 Å². The molecule has 2 aliphatic rings. The molecular formula is C20H31N3O6. The molecule has 0 aromatic heterocycles. The van der Waals surface area contributed by atoms with E-state index in [1.165, 1.54) is 18.7 Å². The van der Waals surface area contributed by atoms with Crippen LogP contribution in [0.3, 0.4) is 0 Å². The Hall–Kier alpha value is -2.29. The zero-order chi connectivity index (χ0) is 23.5. The third-order valence-electron chi connectivity index (χ3n) is 5.35. The smallest absolute Gasteiger partial charge is 0.336 e. The van der Waals surface area contributed by atoms with Gasteiger partial charge in [0.1, 0.15) is 0 Å². The summed E-state index contributed by atoms with van der Waals surface area (Å²) in [5.41, 5.74) is 0. The Morgan fingerprint density at radius 2 is 1.69 bits per heavy atom. The molecule has 3 amide bonds. The van der Waals surface area contributed by atoms with Crippen LogP contribution < -0.4 is 5.32 Å². The van der Waals surface area contributed by atoms with Crippen molar-refractivity contribution in [3.63, 3.8) is 0 Å². The first-order valence-corrected chi connectivity index (χ1v) is 10.1. The van der Waals surface area contributed by atoms with Crippen LogP contribution in [-0.4, -0.2) is 64.1 Å². The molecule has 0 saturated carbocycles. The normalized spacial score (nSPS) is 26.4. The second-order valence-corrected chi connectivity index (χ2v) is 7.91. The SMILES string of the molecule is [2H]C([2H])(C(=O)[15NH]C(C)C(=O)CC(C)C(=O)ON1C(=O)CCC1=O)N1C(C)CCCC1C. The lowest BCUT2D eigenvalue weighted by atomic mass is 9.97. The first-order chi connectivity index (χ1) is 14.4. The average molecular weight is 412 g/mol. The topological polar surface area (TPSA) is 113 Å².